The van der Waals surface area contributed by atoms with Crippen LogP contribution < -0.4 is 4.74 Å². The predicted molar refractivity (Wildman–Crippen MR) is 57.9 cm³/mol. The zero-order chi connectivity index (χ0) is 12.3. The molecule has 0 spiro atoms. The van der Waals surface area contributed by atoms with Gasteiger partial charge in [0.1, 0.15) is 6.61 Å². The van der Waals surface area contributed by atoms with E-state index in [0.717, 1.165) is 12.1 Å². The van der Waals surface area contributed by atoms with Crippen molar-refractivity contribution in [2.75, 3.05) is 0 Å². The van der Waals surface area contributed by atoms with Gasteiger partial charge in [0, 0.05) is 0 Å². The Morgan fingerprint density at radius 2 is 1.88 bits per heavy atom. The molecule has 0 aliphatic heterocycles. The lowest BCUT2D eigenvalue weighted by Crippen LogP contribution is -2.05. The minimum atomic E-state index is -4.29. The number of hydrogen-bond donors (Lipinski definition) is 0. The highest BCUT2D eigenvalue weighted by atomic mass is 32.1. The molecule has 0 fully saturated rings. The Bertz CT molecular complexity index is 464. The lowest BCUT2D eigenvalue weighted by molar-refractivity contribution is -0.137. The van der Waals surface area contributed by atoms with Gasteiger partial charge in [-0.25, -0.2) is 0 Å². The number of benzene rings is 1. The Labute approximate surface area is 99.8 Å². The fourth-order valence-corrected chi connectivity index (χ4v) is 1.68. The topological polar surface area (TPSA) is 22.1 Å². The first-order valence-corrected chi connectivity index (χ1v) is 5.58. The molecule has 0 aliphatic rings. The van der Waals surface area contributed by atoms with Gasteiger partial charge < -0.3 is 4.74 Å². The van der Waals surface area contributed by atoms with Gasteiger partial charge in [-0.1, -0.05) is 12.1 Å². The Morgan fingerprint density at radius 1 is 1.18 bits per heavy atom. The summed E-state index contributed by atoms with van der Waals surface area (Å²) < 4.78 is 46.0. The van der Waals surface area contributed by atoms with Crippen molar-refractivity contribution in [2.45, 2.75) is 12.8 Å². The molecule has 1 aromatic carbocycles. The first kappa shape index (κ1) is 11.9. The molecule has 0 unspecified atom stereocenters. The standard InChI is InChI=1S/C11H8F3NOS/c12-11(13,14)9-3-1-8(2-4-9)6-16-10-5-15-17-7-10/h1-5,7H,6H2. The van der Waals surface area contributed by atoms with Crippen LogP contribution in [0.4, 0.5) is 13.2 Å². The smallest absolute Gasteiger partial charge is 0.416 e. The van der Waals surface area contributed by atoms with Crippen molar-refractivity contribution in [3.05, 3.63) is 47.0 Å². The second-order valence-electron chi connectivity index (χ2n) is 3.34. The maximum absolute atomic E-state index is 12.3. The SMILES string of the molecule is FC(F)(F)c1ccc(COc2cnsc2)cc1. The molecule has 1 heterocycles. The Morgan fingerprint density at radius 3 is 2.41 bits per heavy atom. The predicted octanol–water partition coefficient (Wildman–Crippen LogP) is 3.74. The first-order chi connectivity index (χ1) is 8.05. The summed E-state index contributed by atoms with van der Waals surface area (Å²) in [6.07, 6.45) is -2.73. The highest BCUT2D eigenvalue weighted by molar-refractivity contribution is 7.03. The van der Waals surface area contributed by atoms with Gasteiger partial charge in [0.25, 0.3) is 0 Å². The van der Waals surface area contributed by atoms with Gasteiger partial charge >= 0.3 is 6.18 Å². The fraction of sp³-hybridized carbons (Fsp3) is 0.182. The molecule has 6 heteroatoms. The van der Waals surface area contributed by atoms with Gasteiger partial charge in [0.2, 0.25) is 0 Å². The van der Waals surface area contributed by atoms with Crippen molar-refractivity contribution in [3.63, 3.8) is 0 Å². The summed E-state index contributed by atoms with van der Waals surface area (Å²) in [5.41, 5.74) is 0.0302. The third-order valence-electron chi connectivity index (χ3n) is 2.10. The van der Waals surface area contributed by atoms with E-state index in [1.54, 1.807) is 11.6 Å². The van der Waals surface area contributed by atoms with Crippen LogP contribution in [0.25, 0.3) is 0 Å². The van der Waals surface area contributed by atoms with Crippen LogP contribution in [0, 0.1) is 0 Å². The monoisotopic (exact) mass is 259 g/mol. The van der Waals surface area contributed by atoms with E-state index in [-0.39, 0.29) is 6.61 Å². The molecule has 0 saturated heterocycles. The van der Waals surface area contributed by atoms with Gasteiger partial charge in [-0.3, -0.25) is 0 Å². The van der Waals surface area contributed by atoms with E-state index in [1.807, 2.05) is 0 Å². The quantitative estimate of drug-likeness (QED) is 0.837. The summed E-state index contributed by atoms with van der Waals surface area (Å²) in [7, 11) is 0. The second kappa shape index (κ2) is 4.75. The number of halogens is 3. The molecule has 90 valence electrons. The van der Waals surface area contributed by atoms with E-state index < -0.39 is 11.7 Å². The summed E-state index contributed by atoms with van der Waals surface area (Å²) in [5.74, 6) is 0.620. The maximum atomic E-state index is 12.3. The van der Waals surface area contributed by atoms with Gasteiger partial charge in [0.15, 0.2) is 5.75 Å². The molecule has 0 bridgehead atoms. The third kappa shape index (κ3) is 3.20. The minimum Gasteiger partial charge on any atom is -0.486 e. The molecule has 0 aliphatic carbocycles. The second-order valence-corrected chi connectivity index (χ2v) is 4.00. The van der Waals surface area contributed by atoms with E-state index >= 15 is 0 Å². The number of hydrogen-bond acceptors (Lipinski definition) is 3. The highest BCUT2D eigenvalue weighted by Crippen LogP contribution is 2.29. The van der Waals surface area contributed by atoms with E-state index in [1.165, 1.54) is 23.7 Å². The van der Waals surface area contributed by atoms with Crippen molar-refractivity contribution < 1.29 is 17.9 Å². The molecule has 0 atom stereocenters. The summed E-state index contributed by atoms with van der Waals surface area (Å²) in [6.45, 7) is 0.233. The molecule has 17 heavy (non-hydrogen) atoms. The first-order valence-electron chi connectivity index (χ1n) is 4.74. The molecule has 2 aromatic rings. The Kier molecular flexibility index (Phi) is 3.33. The summed E-state index contributed by atoms with van der Waals surface area (Å²) >= 11 is 1.26. The van der Waals surface area contributed by atoms with Crippen LogP contribution >= 0.6 is 11.5 Å². The number of nitrogens with zero attached hydrogens (tertiary/aromatic N) is 1. The minimum absolute atomic E-state index is 0.233. The summed E-state index contributed by atoms with van der Waals surface area (Å²) in [6, 6.07) is 4.90. The van der Waals surface area contributed by atoms with Crippen LogP contribution in [0.1, 0.15) is 11.1 Å². The average molecular weight is 259 g/mol. The van der Waals surface area contributed by atoms with Gasteiger partial charge in [-0.05, 0) is 29.2 Å². The molecule has 0 N–H and O–H groups in total. The normalized spacial score (nSPS) is 11.5. The zero-order valence-corrected chi connectivity index (χ0v) is 9.39. The van der Waals surface area contributed by atoms with Crippen LogP contribution in [-0.4, -0.2) is 4.37 Å². The van der Waals surface area contributed by atoms with Crippen LogP contribution in [0.2, 0.25) is 0 Å². The van der Waals surface area contributed by atoms with Crippen molar-refractivity contribution in [1.29, 1.82) is 0 Å². The van der Waals surface area contributed by atoms with E-state index in [4.69, 9.17) is 4.74 Å². The number of ether oxygens (including phenoxy) is 1. The highest BCUT2D eigenvalue weighted by Gasteiger charge is 2.29. The molecule has 0 amide bonds. The summed E-state index contributed by atoms with van der Waals surface area (Å²) in [4.78, 5) is 0. The maximum Gasteiger partial charge on any atom is 0.416 e. The fourth-order valence-electron chi connectivity index (χ4n) is 1.22. The van der Waals surface area contributed by atoms with Crippen molar-refractivity contribution in [2.24, 2.45) is 0 Å². The molecule has 1 aromatic heterocycles. The molecular weight excluding hydrogens is 251 g/mol. The van der Waals surface area contributed by atoms with Crippen LogP contribution in [0.5, 0.6) is 5.75 Å². The molecule has 2 nitrogen and oxygen atoms in total. The lowest BCUT2D eigenvalue weighted by Gasteiger charge is -2.08. The van der Waals surface area contributed by atoms with Gasteiger partial charge in [-0.2, -0.15) is 17.5 Å². The number of alkyl halides is 3. The van der Waals surface area contributed by atoms with Crippen LogP contribution in [0.3, 0.4) is 0 Å². The van der Waals surface area contributed by atoms with Crippen molar-refractivity contribution in [1.82, 2.24) is 4.37 Å². The summed E-state index contributed by atoms with van der Waals surface area (Å²) in [5, 5.41) is 1.73. The van der Waals surface area contributed by atoms with E-state index in [2.05, 4.69) is 4.37 Å². The zero-order valence-electron chi connectivity index (χ0n) is 8.57. The van der Waals surface area contributed by atoms with Crippen molar-refractivity contribution in [3.8, 4) is 5.75 Å². The van der Waals surface area contributed by atoms with Crippen molar-refractivity contribution >= 4 is 11.5 Å². The third-order valence-corrected chi connectivity index (χ3v) is 2.66. The Balaban J connectivity index is 1.99. The van der Waals surface area contributed by atoms with Gasteiger partial charge in [-0.15, -0.1) is 0 Å². The lowest BCUT2D eigenvalue weighted by atomic mass is 10.1. The number of rotatable bonds is 3. The van der Waals surface area contributed by atoms with Gasteiger partial charge in [0.05, 0.1) is 17.1 Å². The molecule has 2 rings (SSSR count). The Hall–Kier alpha value is -1.56. The van der Waals surface area contributed by atoms with Crippen LogP contribution in [-0.2, 0) is 12.8 Å². The van der Waals surface area contributed by atoms with E-state index in [9.17, 15) is 13.2 Å². The molecule has 0 radical (unpaired) electrons. The largest absolute Gasteiger partial charge is 0.486 e. The molecular formula is C11H8F3NOS. The number of aromatic nitrogens is 1. The average Bonchev–Trinajstić information content (AvgIpc) is 2.78. The van der Waals surface area contributed by atoms with E-state index in [0.29, 0.717) is 11.3 Å². The van der Waals surface area contributed by atoms with Crippen LogP contribution in [0.15, 0.2) is 35.8 Å². The molecule has 0 saturated carbocycles.